The van der Waals surface area contributed by atoms with Crippen LogP contribution < -0.4 is 10.6 Å². The van der Waals surface area contributed by atoms with Gasteiger partial charge in [-0.05, 0) is 63.9 Å². The number of likely N-dealkylation sites (tertiary alicyclic amines) is 1. The van der Waals surface area contributed by atoms with E-state index in [1.165, 1.54) is 18.9 Å². The van der Waals surface area contributed by atoms with E-state index >= 15 is 0 Å². The van der Waals surface area contributed by atoms with Gasteiger partial charge in [-0.25, -0.2) is 13.8 Å². The Labute approximate surface area is 194 Å². The highest BCUT2D eigenvalue weighted by molar-refractivity contribution is 5.93. The van der Waals surface area contributed by atoms with Gasteiger partial charge in [0.1, 0.15) is 0 Å². The fourth-order valence-corrected chi connectivity index (χ4v) is 4.21. The van der Waals surface area contributed by atoms with E-state index in [1.54, 1.807) is 6.33 Å². The molecule has 1 aliphatic heterocycles. The smallest absolute Gasteiger partial charge is 0.242 e. The standard InChI is InChI=1S/C24H35F2N5O2/c1-4-7-20(27-13-21(32)17-8-9-18(25)19(26)12-17)23(33)29-22-14-31(16-28-22)24(2,3)15-30-10-5-6-11-30/h8-9,12,14,16,20-21,27,32H,4-7,10-11,13,15H2,1-3H3,(H,29,33)/t20-,21?/m0/s1. The van der Waals surface area contributed by atoms with Gasteiger partial charge in [0, 0.05) is 19.3 Å². The molecular formula is C24H35F2N5O2. The number of carbonyl (C=O) groups is 1. The van der Waals surface area contributed by atoms with Crippen molar-refractivity contribution in [2.75, 3.05) is 31.5 Å². The monoisotopic (exact) mass is 463 g/mol. The fraction of sp³-hybridized carbons (Fsp3) is 0.583. The van der Waals surface area contributed by atoms with Gasteiger partial charge in [-0.15, -0.1) is 0 Å². The van der Waals surface area contributed by atoms with Gasteiger partial charge in [-0.2, -0.15) is 0 Å². The SMILES string of the molecule is CCC[C@H](NCC(O)c1ccc(F)c(F)c1)C(=O)Nc1cn(C(C)(C)CN2CCCC2)cn1. The maximum atomic E-state index is 13.4. The second-order valence-electron chi connectivity index (χ2n) is 9.39. The van der Waals surface area contributed by atoms with Gasteiger partial charge < -0.3 is 25.2 Å². The summed E-state index contributed by atoms with van der Waals surface area (Å²) in [4.78, 5) is 19.7. The van der Waals surface area contributed by atoms with Crippen LogP contribution in [0.5, 0.6) is 0 Å². The highest BCUT2D eigenvalue weighted by atomic mass is 19.2. The molecule has 0 bridgehead atoms. The van der Waals surface area contributed by atoms with Crippen molar-refractivity contribution in [3.8, 4) is 0 Å². The molecule has 0 saturated carbocycles. The molecule has 1 fully saturated rings. The predicted octanol–water partition coefficient (Wildman–Crippen LogP) is 3.42. The van der Waals surface area contributed by atoms with Crippen molar-refractivity contribution in [2.45, 2.75) is 64.1 Å². The zero-order valence-electron chi connectivity index (χ0n) is 19.7. The summed E-state index contributed by atoms with van der Waals surface area (Å²) in [7, 11) is 0. The van der Waals surface area contributed by atoms with E-state index in [0.717, 1.165) is 38.2 Å². The summed E-state index contributed by atoms with van der Waals surface area (Å²) in [6.45, 7) is 9.44. The number of aliphatic hydroxyl groups excluding tert-OH is 1. The van der Waals surface area contributed by atoms with Crippen LogP contribution in [-0.2, 0) is 10.3 Å². The Hall–Kier alpha value is -2.36. The number of carbonyl (C=O) groups excluding carboxylic acids is 1. The van der Waals surface area contributed by atoms with E-state index < -0.39 is 23.8 Å². The maximum Gasteiger partial charge on any atom is 0.242 e. The number of imidazole rings is 1. The Morgan fingerprint density at radius 1 is 1.24 bits per heavy atom. The van der Waals surface area contributed by atoms with Gasteiger partial charge >= 0.3 is 0 Å². The second-order valence-corrected chi connectivity index (χ2v) is 9.39. The lowest BCUT2D eigenvalue weighted by Gasteiger charge is -2.31. The van der Waals surface area contributed by atoms with Crippen LogP contribution in [0.4, 0.5) is 14.6 Å². The molecule has 1 amide bonds. The Morgan fingerprint density at radius 3 is 2.64 bits per heavy atom. The highest BCUT2D eigenvalue weighted by Crippen LogP contribution is 2.22. The van der Waals surface area contributed by atoms with E-state index in [0.29, 0.717) is 12.2 Å². The summed E-state index contributed by atoms with van der Waals surface area (Å²) in [5, 5.41) is 16.2. The van der Waals surface area contributed by atoms with Gasteiger partial charge in [-0.3, -0.25) is 4.79 Å². The molecule has 1 unspecified atom stereocenters. The van der Waals surface area contributed by atoms with E-state index in [9.17, 15) is 18.7 Å². The Balaban J connectivity index is 1.57. The molecule has 0 aliphatic carbocycles. The number of halogens is 2. The lowest BCUT2D eigenvalue weighted by Crippen LogP contribution is -2.42. The number of aliphatic hydroxyl groups is 1. The number of anilines is 1. The third-order valence-corrected chi connectivity index (χ3v) is 6.12. The molecule has 1 aromatic carbocycles. The molecule has 2 heterocycles. The Morgan fingerprint density at radius 2 is 1.97 bits per heavy atom. The number of hydrogen-bond donors (Lipinski definition) is 3. The number of amides is 1. The number of aromatic nitrogens is 2. The quantitative estimate of drug-likeness (QED) is 0.476. The van der Waals surface area contributed by atoms with Crippen LogP contribution in [0.15, 0.2) is 30.7 Å². The van der Waals surface area contributed by atoms with Gasteiger partial charge in [0.05, 0.1) is 24.0 Å². The molecule has 182 valence electrons. The van der Waals surface area contributed by atoms with Crippen molar-refractivity contribution in [1.29, 1.82) is 0 Å². The lowest BCUT2D eigenvalue weighted by molar-refractivity contribution is -0.118. The Kier molecular flexibility index (Phi) is 8.56. The summed E-state index contributed by atoms with van der Waals surface area (Å²) in [6, 6.07) is 2.72. The molecule has 1 aliphatic rings. The van der Waals surface area contributed by atoms with Crippen molar-refractivity contribution < 1.29 is 18.7 Å². The van der Waals surface area contributed by atoms with Gasteiger partial charge in [0.2, 0.25) is 5.91 Å². The first kappa shape index (κ1) is 25.3. The fourth-order valence-electron chi connectivity index (χ4n) is 4.21. The van der Waals surface area contributed by atoms with Crippen molar-refractivity contribution in [1.82, 2.24) is 19.8 Å². The summed E-state index contributed by atoms with van der Waals surface area (Å²) in [5.41, 5.74) is 0.0895. The molecule has 33 heavy (non-hydrogen) atoms. The molecule has 0 radical (unpaired) electrons. The molecule has 3 N–H and O–H groups in total. The summed E-state index contributed by atoms with van der Waals surface area (Å²) in [6.07, 6.45) is 6.28. The average Bonchev–Trinajstić information content (AvgIpc) is 3.45. The second kappa shape index (κ2) is 11.2. The molecule has 0 spiro atoms. The van der Waals surface area contributed by atoms with Crippen LogP contribution in [0.1, 0.15) is 58.1 Å². The zero-order chi connectivity index (χ0) is 24.0. The summed E-state index contributed by atoms with van der Waals surface area (Å²) >= 11 is 0. The van der Waals surface area contributed by atoms with Crippen molar-refractivity contribution >= 4 is 11.7 Å². The minimum absolute atomic E-state index is 0.0282. The molecular weight excluding hydrogens is 428 g/mol. The van der Waals surface area contributed by atoms with Crippen LogP contribution in [-0.4, -0.2) is 57.7 Å². The van der Waals surface area contributed by atoms with Crippen molar-refractivity contribution in [3.05, 3.63) is 47.9 Å². The third kappa shape index (κ3) is 6.82. The van der Waals surface area contributed by atoms with E-state index in [-0.39, 0.29) is 23.6 Å². The van der Waals surface area contributed by atoms with Gasteiger partial charge in [0.15, 0.2) is 17.5 Å². The number of benzene rings is 1. The normalized spacial score (nSPS) is 16.7. The van der Waals surface area contributed by atoms with Gasteiger partial charge in [0.25, 0.3) is 0 Å². The molecule has 1 saturated heterocycles. The topological polar surface area (TPSA) is 82.4 Å². The highest BCUT2D eigenvalue weighted by Gasteiger charge is 2.26. The van der Waals surface area contributed by atoms with Gasteiger partial charge in [-0.1, -0.05) is 19.4 Å². The largest absolute Gasteiger partial charge is 0.387 e. The van der Waals surface area contributed by atoms with Crippen LogP contribution in [0, 0.1) is 11.6 Å². The van der Waals surface area contributed by atoms with Crippen LogP contribution in [0.3, 0.4) is 0 Å². The molecule has 1 aromatic heterocycles. The molecule has 3 rings (SSSR count). The summed E-state index contributed by atoms with van der Waals surface area (Å²) in [5.74, 6) is -1.77. The first-order chi connectivity index (χ1) is 15.7. The first-order valence-electron chi connectivity index (χ1n) is 11.6. The maximum absolute atomic E-state index is 13.4. The number of hydrogen-bond acceptors (Lipinski definition) is 5. The van der Waals surface area contributed by atoms with E-state index in [1.807, 2.05) is 17.7 Å². The van der Waals surface area contributed by atoms with Crippen molar-refractivity contribution in [3.63, 3.8) is 0 Å². The summed E-state index contributed by atoms with van der Waals surface area (Å²) < 4.78 is 28.6. The molecule has 9 heteroatoms. The minimum Gasteiger partial charge on any atom is -0.387 e. The molecule has 7 nitrogen and oxygen atoms in total. The van der Waals surface area contributed by atoms with E-state index in [4.69, 9.17) is 0 Å². The number of nitrogens with zero attached hydrogens (tertiary/aromatic N) is 3. The van der Waals surface area contributed by atoms with Crippen molar-refractivity contribution in [2.24, 2.45) is 0 Å². The van der Waals surface area contributed by atoms with Crippen LogP contribution in [0.2, 0.25) is 0 Å². The Bertz CT molecular complexity index is 927. The predicted molar refractivity (Wildman–Crippen MR) is 124 cm³/mol. The third-order valence-electron chi connectivity index (χ3n) is 6.12. The van der Waals surface area contributed by atoms with E-state index in [2.05, 4.69) is 34.4 Å². The minimum atomic E-state index is -1.07. The number of nitrogens with one attached hydrogen (secondary N) is 2. The van der Waals surface area contributed by atoms with Crippen LogP contribution >= 0.6 is 0 Å². The van der Waals surface area contributed by atoms with Crippen LogP contribution in [0.25, 0.3) is 0 Å². The molecule has 2 atom stereocenters. The lowest BCUT2D eigenvalue weighted by atomic mass is 10.1. The number of rotatable bonds is 11. The first-order valence-corrected chi connectivity index (χ1v) is 11.6. The zero-order valence-corrected chi connectivity index (χ0v) is 19.7. The average molecular weight is 464 g/mol. The molecule has 2 aromatic rings.